The summed E-state index contributed by atoms with van der Waals surface area (Å²) in [7, 11) is 0. The van der Waals surface area contributed by atoms with Gasteiger partial charge in [0.25, 0.3) is 0 Å². The monoisotopic (exact) mass is 290 g/mol. The summed E-state index contributed by atoms with van der Waals surface area (Å²) in [5, 5.41) is 6.09. The van der Waals surface area contributed by atoms with Gasteiger partial charge in [-0.05, 0) is 38.5 Å². The number of hydrogen-bond donors (Lipinski definition) is 2. The standard InChI is InChI=1S/C16H22N2OS/c1-5-10-17-15(19)12-20-14-8-6-13(7-9-14)11-18-16(2,3)4/h1,6-9,18H,10-12H2,2-4H3,(H,17,19). The lowest BCUT2D eigenvalue weighted by Crippen LogP contribution is -2.35. The zero-order chi connectivity index (χ0) is 15.0. The summed E-state index contributed by atoms with van der Waals surface area (Å²) in [6.45, 7) is 7.57. The molecule has 20 heavy (non-hydrogen) atoms. The SMILES string of the molecule is C#CCNC(=O)CSc1ccc(CNC(C)(C)C)cc1. The van der Waals surface area contributed by atoms with Crippen molar-refractivity contribution in [1.82, 2.24) is 10.6 Å². The Hall–Kier alpha value is -1.44. The van der Waals surface area contributed by atoms with Gasteiger partial charge in [-0.25, -0.2) is 0 Å². The lowest BCUT2D eigenvalue weighted by Gasteiger charge is -2.20. The zero-order valence-corrected chi connectivity index (χ0v) is 13.1. The summed E-state index contributed by atoms with van der Waals surface area (Å²) in [6, 6.07) is 8.25. The molecule has 0 saturated heterocycles. The van der Waals surface area contributed by atoms with E-state index >= 15 is 0 Å². The first-order chi connectivity index (χ1) is 9.40. The Labute approximate surface area is 125 Å². The van der Waals surface area contributed by atoms with E-state index in [4.69, 9.17) is 6.42 Å². The van der Waals surface area contributed by atoms with Crippen molar-refractivity contribution in [3.8, 4) is 12.3 Å². The third-order valence-electron chi connectivity index (χ3n) is 2.50. The van der Waals surface area contributed by atoms with E-state index in [1.807, 2.05) is 12.1 Å². The van der Waals surface area contributed by atoms with Gasteiger partial charge in [0.05, 0.1) is 12.3 Å². The predicted octanol–water partition coefficient (Wildman–Crippen LogP) is 2.42. The van der Waals surface area contributed by atoms with E-state index in [0.29, 0.717) is 5.75 Å². The van der Waals surface area contributed by atoms with Crippen molar-refractivity contribution in [2.45, 2.75) is 37.8 Å². The second-order valence-electron chi connectivity index (χ2n) is 5.52. The number of amides is 1. The van der Waals surface area contributed by atoms with Crippen molar-refractivity contribution in [3.63, 3.8) is 0 Å². The predicted molar refractivity (Wildman–Crippen MR) is 85.6 cm³/mol. The van der Waals surface area contributed by atoms with Crippen LogP contribution in [0.2, 0.25) is 0 Å². The Kier molecular flexibility index (Phi) is 6.63. The largest absolute Gasteiger partial charge is 0.344 e. The van der Waals surface area contributed by atoms with Gasteiger partial charge in [-0.2, -0.15) is 0 Å². The minimum atomic E-state index is -0.0357. The quantitative estimate of drug-likeness (QED) is 0.624. The highest BCUT2D eigenvalue weighted by Gasteiger charge is 2.08. The van der Waals surface area contributed by atoms with Crippen molar-refractivity contribution in [3.05, 3.63) is 29.8 Å². The van der Waals surface area contributed by atoms with Crippen LogP contribution >= 0.6 is 11.8 Å². The molecule has 0 saturated carbocycles. The van der Waals surface area contributed by atoms with E-state index in [1.165, 1.54) is 17.3 Å². The maximum Gasteiger partial charge on any atom is 0.231 e. The molecule has 0 aliphatic heterocycles. The molecule has 1 amide bonds. The van der Waals surface area contributed by atoms with E-state index in [9.17, 15) is 4.79 Å². The summed E-state index contributed by atoms with van der Waals surface area (Å²) in [4.78, 5) is 12.5. The highest BCUT2D eigenvalue weighted by Crippen LogP contribution is 2.18. The minimum Gasteiger partial charge on any atom is -0.344 e. The van der Waals surface area contributed by atoms with Gasteiger partial charge in [-0.15, -0.1) is 18.2 Å². The summed E-state index contributed by atoms with van der Waals surface area (Å²) in [6.07, 6.45) is 5.08. The first-order valence-corrected chi connectivity index (χ1v) is 7.56. The lowest BCUT2D eigenvalue weighted by atomic mass is 10.1. The van der Waals surface area contributed by atoms with Crippen LogP contribution in [0.25, 0.3) is 0 Å². The first kappa shape index (κ1) is 16.6. The zero-order valence-electron chi connectivity index (χ0n) is 12.3. The van der Waals surface area contributed by atoms with Crippen LogP contribution in [0, 0.1) is 12.3 Å². The first-order valence-electron chi connectivity index (χ1n) is 6.57. The van der Waals surface area contributed by atoms with Crippen LogP contribution in [0.4, 0.5) is 0 Å². The minimum absolute atomic E-state index is 0.0357. The molecule has 0 fully saturated rings. The Balaban J connectivity index is 2.39. The smallest absolute Gasteiger partial charge is 0.231 e. The summed E-state index contributed by atoms with van der Waals surface area (Å²) in [5.74, 6) is 2.74. The number of benzene rings is 1. The number of thioether (sulfide) groups is 1. The van der Waals surface area contributed by atoms with Gasteiger partial charge < -0.3 is 10.6 Å². The van der Waals surface area contributed by atoms with Crippen LogP contribution in [0.3, 0.4) is 0 Å². The Morgan fingerprint density at radius 1 is 1.30 bits per heavy atom. The fourth-order valence-electron chi connectivity index (χ4n) is 1.42. The van der Waals surface area contributed by atoms with Crippen LogP contribution in [-0.2, 0) is 11.3 Å². The Morgan fingerprint density at radius 3 is 2.50 bits per heavy atom. The van der Waals surface area contributed by atoms with Gasteiger partial charge in [-0.3, -0.25) is 4.79 Å². The van der Waals surface area contributed by atoms with E-state index in [-0.39, 0.29) is 18.0 Å². The Bertz CT molecular complexity index is 469. The molecule has 0 aliphatic carbocycles. The van der Waals surface area contributed by atoms with Crippen molar-refractivity contribution >= 4 is 17.7 Å². The Morgan fingerprint density at radius 2 is 1.95 bits per heavy atom. The average molecular weight is 290 g/mol. The molecule has 1 rings (SSSR count). The van der Waals surface area contributed by atoms with Crippen molar-refractivity contribution in [2.75, 3.05) is 12.3 Å². The molecular formula is C16H22N2OS. The van der Waals surface area contributed by atoms with Crippen LogP contribution in [0.1, 0.15) is 26.3 Å². The second kappa shape index (κ2) is 7.98. The lowest BCUT2D eigenvalue weighted by molar-refractivity contribution is -0.118. The number of hydrogen-bond acceptors (Lipinski definition) is 3. The number of terminal acetylenes is 1. The van der Waals surface area contributed by atoms with Crippen molar-refractivity contribution in [2.24, 2.45) is 0 Å². The van der Waals surface area contributed by atoms with E-state index < -0.39 is 0 Å². The summed E-state index contributed by atoms with van der Waals surface area (Å²) < 4.78 is 0. The molecule has 0 atom stereocenters. The maximum absolute atomic E-state index is 11.4. The van der Waals surface area contributed by atoms with Crippen LogP contribution in [-0.4, -0.2) is 23.7 Å². The molecule has 1 aromatic carbocycles. The van der Waals surface area contributed by atoms with Gasteiger partial charge in [0, 0.05) is 17.0 Å². The highest BCUT2D eigenvalue weighted by atomic mass is 32.2. The number of nitrogens with one attached hydrogen (secondary N) is 2. The molecule has 3 nitrogen and oxygen atoms in total. The van der Waals surface area contributed by atoms with Crippen LogP contribution < -0.4 is 10.6 Å². The molecule has 0 aromatic heterocycles. The van der Waals surface area contributed by atoms with Gasteiger partial charge in [0.15, 0.2) is 0 Å². The third kappa shape index (κ3) is 7.22. The fraction of sp³-hybridized carbons (Fsp3) is 0.438. The maximum atomic E-state index is 11.4. The topological polar surface area (TPSA) is 41.1 Å². The van der Waals surface area contributed by atoms with Gasteiger partial charge in [0.2, 0.25) is 5.91 Å². The van der Waals surface area contributed by atoms with Crippen LogP contribution in [0.15, 0.2) is 29.2 Å². The van der Waals surface area contributed by atoms with Crippen molar-refractivity contribution in [1.29, 1.82) is 0 Å². The van der Waals surface area contributed by atoms with E-state index in [1.54, 1.807) is 0 Å². The average Bonchev–Trinajstić information content (AvgIpc) is 2.41. The molecule has 0 unspecified atom stereocenters. The molecule has 0 bridgehead atoms. The van der Waals surface area contributed by atoms with E-state index in [2.05, 4.69) is 49.5 Å². The van der Waals surface area contributed by atoms with Gasteiger partial charge in [-0.1, -0.05) is 18.1 Å². The third-order valence-corrected chi connectivity index (χ3v) is 3.52. The number of rotatable bonds is 6. The molecular weight excluding hydrogens is 268 g/mol. The van der Waals surface area contributed by atoms with Crippen LogP contribution in [0.5, 0.6) is 0 Å². The molecule has 0 aliphatic rings. The van der Waals surface area contributed by atoms with Gasteiger partial charge in [0.1, 0.15) is 0 Å². The molecule has 0 heterocycles. The fourth-order valence-corrected chi connectivity index (χ4v) is 2.15. The number of carbonyl (C=O) groups is 1. The summed E-state index contributed by atoms with van der Waals surface area (Å²) in [5.41, 5.74) is 1.35. The summed E-state index contributed by atoms with van der Waals surface area (Å²) >= 11 is 1.51. The normalized spacial score (nSPS) is 10.9. The molecule has 0 radical (unpaired) electrons. The molecule has 0 spiro atoms. The van der Waals surface area contributed by atoms with Crippen molar-refractivity contribution < 1.29 is 4.79 Å². The number of carbonyl (C=O) groups excluding carboxylic acids is 1. The second-order valence-corrected chi connectivity index (χ2v) is 6.57. The van der Waals surface area contributed by atoms with E-state index in [0.717, 1.165) is 11.4 Å². The molecule has 4 heteroatoms. The molecule has 2 N–H and O–H groups in total. The molecule has 108 valence electrons. The molecule has 1 aromatic rings. The highest BCUT2D eigenvalue weighted by molar-refractivity contribution is 8.00. The van der Waals surface area contributed by atoms with Gasteiger partial charge >= 0.3 is 0 Å².